The summed E-state index contributed by atoms with van der Waals surface area (Å²) >= 11 is 0. The minimum atomic E-state index is -0.226. The molecule has 2 aliphatic heterocycles. The number of piperazine rings is 1. The van der Waals surface area contributed by atoms with Gasteiger partial charge in [-0.1, -0.05) is 12.8 Å². The largest absolute Gasteiger partial charge is 0.459 e. The topological polar surface area (TPSA) is 74.1 Å². The lowest BCUT2D eigenvalue weighted by Gasteiger charge is -2.35. The van der Waals surface area contributed by atoms with E-state index in [2.05, 4.69) is 0 Å². The zero-order valence-corrected chi connectivity index (χ0v) is 14.9. The van der Waals surface area contributed by atoms with Gasteiger partial charge in [-0.2, -0.15) is 0 Å². The summed E-state index contributed by atoms with van der Waals surface area (Å²) in [6, 6.07) is 3.69. The highest BCUT2D eigenvalue weighted by atomic mass is 16.3. The number of hydrogen-bond donors (Lipinski definition) is 0. The van der Waals surface area contributed by atoms with Crippen LogP contribution in [-0.4, -0.2) is 71.2 Å². The van der Waals surface area contributed by atoms with Gasteiger partial charge in [0.15, 0.2) is 5.76 Å². The number of likely N-dealkylation sites (tertiary alicyclic amines) is 1. The molecule has 4 rings (SSSR count). The predicted molar refractivity (Wildman–Crippen MR) is 93.3 cm³/mol. The van der Waals surface area contributed by atoms with Crippen LogP contribution in [0.3, 0.4) is 0 Å². The zero-order chi connectivity index (χ0) is 18.1. The number of hydrogen-bond acceptors (Lipinski definition) is 4. The molecule has 3 heterocycles. The van der Waals surface area contributed by atoms with Crippen LogP contribution in [-0.2, 0) is 9.59 Å². The number of carbonyl (C=O) groups is 3. The summed E-state index contributed by atoms with van der Waals surface area (Å²) in [5.74, 6) is 0.158. The first-order valence-electron chi connectivity index (χ1n) is 9.54. The van der Waals surface area contributed by atoms with E-state index in [4.69, 9.17) is 4.42 Å². The molecule has 0 spiro atoms. The van der Waals surface area contributed by atoms with Crippen molar-refractivity contribution in [2.75, 3.05) is 32.7 Å². The van der Waals surface area contributed by atoms with Crippen LogP contribution >= 0.6 is 0 Å². The van der Waals surface area contributed by atoms with E-state index in [1.165, 1.54) is 19.1 Å². The van der Waals surface area contributed by atoms with Crippen LogP contribution in [0.2, 0.25) is 0 Å². The van der Waals surface area contributed by atoms with Crippen LogP contribution in [0, 0.1) is 5.92 Å². The van der Waals surface area contributed by atoms with Gasteiger partial charge in [-0.15, -0.1) is 0 Å². The van der Waals surface area contributed by atoms with Gasteiger partial charge in [-0.05, 0) is 25.0 Å². The van der Waals surface area contributed by atoms with Crippen molar-refractivity contribution in [3.8, 4) is 0 Å². The Kier molecular flexibility index (Phi) is 4.70. The molecule has 0 unspecified atom stereocenters. The Balaban J connectivity index is 1.31. The Labute approximate surface area is 152 Å². The lowest BCUT2D eigenvalue weighted by Crippen LogP contribution is -2.52. The Morgan fingerprint density at radius 1 is 1.04 bits per heavy atom. The lowest BCUT2D eigenvalue weighted by molar-refractivity contribution is -0.137. The summed E-state index contributed by atoms with van der Waals surface area (Å²) in [5.41, 5.74) is 0. The molecule has 26 heavy (non-hydrogen) atoms. The molecule has 7 heteroatoms. The van der Waals surface area contributed by atoms with E-state index in [9.17, 15) is 14.4 Å². The predicted octanol–water partition coefficient (Wildman–Crippen LogP) is 1.36. The second-order valence-corrected chi connectivity index (χ2v) is 7.48. The van der Waals surface area contributed by atoms with Gasteiger partial charge in [-0.25, -0.2) is 0 Å². The SMILES string of the molecule is O=C(c1ccco1)N1CCN(C(=O)[C@H]2CC(=O)N(C3CCCC3)C2)CC1. The third-order valence-electron chi connectivity index (χ3n) is 5.88. The van der Waals surface area contributed by atoms with Crippen LogP contribution in [0.25, 0.3) is 0 Å². The monoisotopic (exact) mass is 359 g/mol. The number of nitrogens with zero attached hydrogens (tertiary/aromatic N) is 3. The van der Waals surface area contributed by atoms with Gasteiger partial charge in [0.1, 0.15) is 0 Å². The summed E-state index contributed by atoms with van der Waals surface area (Å²) < 4.78 is 5.16. The first kappa shape index (κ1) is 17.1. The van der Waals surface area contributed by atoms with Crippen molar-refractivity contribution in [3.63, 3.8) is 0 Å². The Morgan fingerprint density at radius 3 is 2.38 bits per heavy atom. The van der Waals surface area contributed by atoms with E-state index in [1.54, 1.807) is 17.0 Å². The third kappa shape index (κ3) is 3.22. The molecule has 0 radical (unpaired) electrons. The molecule has 3 fully saturated rings. The highest BCUT2D eigenvalue weighted by Crippen LogP contribution is 2.30. The Hall–Kier alpha value is -2.31. The molecule has 0 N–H and O–H groups in total. The minimum Gasteiger partial charge on any atom is -0.459 e. The van der Waals surface area contributed by atoms with E-state index >= 15 is 0 Å². The fourth-order valence-corrected chi connectivity index (χ4v) is 4.41. The molecule has 2 saturated heterocycles. The van der Waals surface area contributed by atoms with Crippen molar-refractivity contribution >= 4 is 17.7 Å². The van der Waals surface area contributed by atoms with Gasteiger partial charge in [0.25, 0.3) is 5.91 Å². The number of carbonyl (C=O) groups excluding carboxylic acids is 3. The fraction of sp³-hybridized carbons (Fsp3) is 0.632. The number of furan rings is 1. The quantitative estimate of drug-likeness (QED) is 0.817. The number of rotatable bonds is 3. The summed E-state index contributed by atoms with van der Waals surface area (Å²) in [6.45, 7) is 2.59. The maximum Gasteiger partial charge on any atom is 0.289 e. The molecular formula is C19H25N3O4. The van der Waals surface area contributed by atoms with Gasteiger partial charge >= 0.3 is 0 Å². The van der Waals surface area contributed by atoms with Crippen molar-refractivity contribution in [3.05, 3.63) is 24.2 Å². The van der Waals surface area contributed by atoms with Crippen molar-refractivity contribution in [2.24, 2.45) is 5.92 Å². The first-order chi connectivity index (χ1) is 12.6. The van der Waals surface area contributed by atoms with Gasteiger partial charge in [0, 0.05) is 45.2 Å². The minimum absolute atomic E-state index is 0.0592. The average Bonchev–Trinajstić information content (AvgIpc) is 3.41. The van der Waals surface area contributed by atoms with E-state index in [0.29, 0.717) is 50.9 Å². The molecule has 3 aliphatic rings. The summed E-state index contributed by atoms with van der Waals surface area (Å²) in [6.07, 6.45) is 6.32. The van der Waals surface area contributed by atoms with E-state index in [-0.39, 0.29) is 23.6 Å². The van der Waals surface area contributed by atoms with E-state index < -0.39 is 0 Å². The molecule has 140 valence electrons. The third-order valence-corrected chi connectivity index (χ3v) is 5.88. The van der Waals surface area contributed by atoms with Crippen molar-refractivity contribution < 1.29 is 18.8 Å². The van der Waals surface area contributed by atoms with Crippen LogP contribution in [0.1, 0.15) is 42.7 Å². The maximum absolute atomic E-state index is 12.8. The van der Waals surface area contributed by atoms with Crippen LogP contribution in [0.4, 0.5) is 0 Å². The van der Waals surface area contributed by atoms with E-state index in [0.717, 1.165) is 12.8 Å². The molecule has 1 saturated carbocycles. The van der Waals surface area contributed by atoms with Crippen LogP contribution in [0.15, 0.2) is 22.8 Å². The van der Waals surface area contributed by atoms with Gasteiger partial charge in [0.2, 0.25) is 11.8 Å². The maximum atomic E-state index is 12.8. The summed E-state index contributed by atoms with van der Waals surface area (Å²) in [5, 5.41) is 0. The van der Waals surface area contributed by atoms with Crippen LogP contribution in [0.5, 0.6) is 0 Å². The summed E-state index contributed by atoms with van der Waals surface area (Å²) in [4.78, 5) is 42.9. The van der Waals surface area contributed by atoms with Crippen LogP contribution < -0.4 is 0 Å². The van der Waals surface area contributed by atoms with Crippen molar-refractivity contribution in [2.45, 2.75) is 38.1 Å². The Morgan fingerprint density at radius 2 is 1.73 bits per heavy atom. The van der Waals surface area contributed by atoms with Gasteiger partial charge in [-0.3, -0.25) is 14.4 Å². The van der Waals surface area contributed by atoms with Gasteiger partial charge in [0.05, 0.1) is 12.2 Å². The second kappa shape index (κ2) is 7.13. The normalized spacial score (nSPS) is 24.5. The fourth-order valence-electron chi connectivity index (χ4n) is 4.41. The molecule has 1 aromatic heterocycles. The highest BCUT2D eigenvalue weighted by Gasteiger charge is 2.40. The standard InChI is InChI=1S/C19H25N3O4/c23-17-12-14(13-22(17)15-4-1-2-5-15)18(24)20-7-9-21(10-8-20)19(25)16-6-3-11-26-16/h3,6,11,14-15H,1-2,4-5,7-10,12-13H2/t14-/m0/s1. The van der Waals surface area contributed by atoms with Gasteiger partial charge < -0.3 is 19.1 Å². The molecule has 0 aromatic carbocycles. The molecule has 3 amide bonds. The molecule has 1 atom stereocenters. The Bertz CT molecular complexity index is 673. The van der Waals surface area contributed by atoms with E-state index in [1.807, 2.05) is 9.80 Å². The smallest absolute Gasteiger partial charge is 0.289 e. The highest BCUT2D eigenvalue weighted by molar-refractivity contribution is 5.92. The lowest BCUT2D eigenvalue weighted by atomic mass is 10.1. The zero-order valence-electron chi connectivity index (χ0n) is 14.9. The van der Waals surface area contributed by atoms with Crippen molar-refractivity contribution in [1.82, 2.24) is 14.7 Å². The molecule has 0 bridgehead atoms. The second-order valence-electron chi connectivity index (χ2n) is 7.48. The summed E-state index contributed by atoms with van der Waals surface area (Å²) in [7, 11) is 0. The van der Waals surface area contributed by atoms with Crippen molar-refractivity contribution in [1.29, 1.82) is 0 Å². The molecule has 7 nitrogen and oxygen atoms in total. The molecule has 1 aliphatic carbocycles. The average molecular weight is 359 g/mol. The number of amides is 3. The first-order valence-corrected chi connectivity index (χ1v) is 9.54. The molecular weight excluding hydrogens is 334 g/mol. The molecule has 1 aromatic rings.